The van der Waals surface area contributed by atoms with E-state index in [1.807, 2.05) is 18.2 Å². The summed E-state index contributed by atoms with van der Waals surface area (Å²) in [6, 6.07) is 9.02. The van der Waals surface area contributed by atoms with E-state index in [4.69, 9.17) is 15.2 Å². The number of hydrogen-bond donors (Lipinski definition) is 2. The number of benzene rings is 1. The molecule has 3 N–H and O–H groups in total. The van der Waals surface area contributed by atoms with Crippen molar-refractivity contribution in [3.05, 3.63) is 42.1 Å². The van der Waals surface area contributed by atoms with E-state index in [1.54, 1.807) is 38.8 Å². The quantitative estimate of drug-likeness (QED) is 0.643. The van der Waals surface area contributed by atoms with Crippen molar-refractivity contribution in [2.45, 2.75) is 0 Å². The molecule has 1 aromatic heterocycles. The number of nitrogens with two attached hydrogens (primary N) is 1. The third-order valence-corrected chi connectivity index (χ3v) is 2.63. The van der Waals surface area contributed by atoms with Crippen LogP contribution in [0.2, 0.25) is 0 Å². The number of rotatable bonds is 5. The van der Waals surface area contributed by atoms with Crippen molar-refractivity contribution in [1.29, 1.82) is 0 Å². The molecule has 6 nitrogen and oxygen atoms in total. The second-order valence-electron chi connectivity index (χ2n) is 3.93. The lowest BCUT2D eigenvalue weighted by Gasteiger charge is -2.07. The first-order valence-electron chi connectivity index (χ1n) is 5.96. The van der Waals surface area contributed by atoms with E-state index in [-0.39, 0.29) is 0 Å². The Morgan fingerprint density at radius 3 is 2.70 bits per heavy atom. The maximum absolute atomic E-state index is 5.75. The van der Waals surface area contributed by atoms with Gasteiger partial charge in [-0.2, -0.15) is 5.10 Å². The number of pyridine rings is 1. The van der Waals surface area contributed by atoms with Gasteiger partial charge in [0.05, 0.1) is 26.1 Å². The Morgan fingerprint density at radius 2 is 2.00 bits per heavy atom. The molecule has 0 bridgehead atoms. The molecule has 0 aliphatic carbocycles. The Hall–Kier alpha value is -2.76. The van der Waals surface area contributed by atoms with Crippen LogP contribution in [0.25, 0.3) is 0 Å². The van der Waals surface area contributed by atoms with Crippen LogP contribution < -0.4 is 20.6 Å². The zero-order valence-corrected chi connectivity index (χ0v) is 11.3. The van der Waals surface area contributed by atoms with Crippen LogP contribution in [0, 0.1) is 0 Å². The minimum absolute atomic E-state index is 0.518. The zero-order chi connectivity index (χ0) is 14.4. The standard InChI is InChI=1S/C14H16N4O2/c1-19-12-6-5-10(8-13(12)20-2)9-17-18-14-11(15)4-3-7-16-14/h3-9H,15H2,1-2H3,(H,16,18). The number of nitrogens with zero attached hydrogens (tertiary/aromatic N) is 2. The Labute approximate surface area is 117 Å². The van der Waals surface area contributed by atoms with E-state index in [9.17, 15) is 0 Å². The second kappa shape index (κ2) is 6.42. The lowest BCUT2D eigenvalue weighted by Crippen LogP contribution is -1.98. The van der Waals surface area contributed by atoms with Gasteiger partial charge < -0.3 is 15.2 Å². The van der Waals surface area contributed by atoms with E-state index >= 15 is 0 Å². The van der Waals surface area contributed by atoms with E-state index in [2.05, 4.69) is 15.5 Å². The van der Waals surface area contributed by atoms with Gasteiger partial charge in [-0.15, -0.1) is 0 Å². The van der Waals surface area contributed by atoms with Crippen LogP contribution in [-0.2, 0) is 0 Å². The molecule has 0 fully saturated rings. The Kier molecular flexibility index (Phi) is 4.39. The monoisotopic (exact) mass is 272 g/mol. The lowest BCUT2D eigenvalue weighted by atomic mass is 10.2. The van der Waals surface area contributed by atoms with E-state index < -0.39 is 0 Å². The molecule has 1 aromatic carbocycles. The van der Waals surface area contributed by atoms with Gasteiger partial charge in [-0.05, 0) is 35.9 Å². The fourth-order valence-corrected chi connectivity index (χ4v) is 1.61. The fraction of sp³-hybridized carbons (Fsp3) is 0.143. The summed E-state index contributed by atoms with van der Waals surface area (Å²) < 4.78 is 10.4. The number of aromatic nitrogens is 1. The highest BCUT2D eigenvalue weighted by Gasteiger charge is 2.03. The fourth-order valence-electron chi connectivity index (χ4n) is 1.61. The molecule has 0 spiro atoms. The van der Waals surface area contributed by atoms with E-state index in [0.29, 0.717) is 23.0 Å². The summed E-state index contributed by atoms with van der Waals surface area (Å²) in [7, 11) is 3.18. The zero-order valence-electron chi connectivity index (χ0n) is 11.3. The molecule has 6 heteroatoms. The Bertz CT molecular complexity index is 614. The Balaban J connectivity index is 2.10. The number of methoxy groups -OCH3 is 2. The van der Waals surface area contributed by atoms with Crippen LogP contribution in [0.3, 0.4) is 0 Å². The van der Waals surface area contributed by atoms with Gasteiger partial charge in [0.25, 0.3) is 0 Å². The summed E-state index contributed by atoms with van der Waals surface area (Å²) in [5, 5.41) is 4.09. The lowest BCUT2D eigenvalue weighted by molar-refractivity contribution is 0.355. The summed E-state index contributed by atoms with van der Waals surface area (Å²) in [5.41, 5.74) is 9.94. The molecule has 0 radical (unpaired) electrons. The minimum Gasteiger partial charge on any atom is -0.493 e. The molecule has 0 amide bonds. The largest absolute Gasteiger partial charge is 0.493 e. The number of nitrogen functional groups attached to an aromatic ring is 1. The maximum atomic E-state index is 5.75. The van der Waals surface area contributed by atoms with Gasteiger partial charge in [0.1, 0.15) is 0 Å². The van der Waals surface area contributed by atoms with Crippen molar-refractivity contribution in [3.63, 3.8) is 0 Å². The van der Waals surface area contributed by atoms with Crippen LogP contribution in [0.1, 0.15) is 5.56 Å². The number of hydrogen-bond acceptors (Lipinski definition) is 6. The molecular weight excluding hydrogens is 256 g/mol. The van der Waals surface area contributed by atoms with Crippen molar-refractivity contribution in [3.8, 4) is 11.5 Å². The van der Waals surface area contributed by atoms with Crippen LogP contribution in [0.15, 0.2) is 41.6 Å². The first-order valence-corrected chi connectivity index (χ1v) is 5.96. The van der Waals surface area contributed by atoms with Crippen molar-refractivity contribution in [2.75, 3.05) is 25.4 Å². The summed E-state index contributed by atoms with van der Waals surface area (Å²) in [5.74, 6) is 1.84. The smallest absolute Gasteiger partial charge is 0.169 e. The molecule has 20 heavy (non-hydrogen) atoms. The van der Waals surface area contributed by atoms with Crippen molar-refractivity contribution < 1.29 is 9.47 Å². The molecule has 2 rings (SSSR count). The third kappa shape index (κ3) is 3.17. The molecular formula is C14H16N4O2. The topological polar surface area (TPSA) is 81.8 Å². The average Bonchev–Trinajstić information content (AvgIpc) is 2.49. The summed E-state index contributed by atoms with van der Waals surface area (Å²) in [6.45, 7) is 0. The summed E-state index contributed by atoms with van der Waals surface area (Å²) >= 11 is 0. The highest BCUT2D eigenvalue weighted by atomic mass is 16.5. The summed E-state index contributed by atoms with van der Waals surface area (Å²) in [4.78, 5) is 4.08. The van der Waals surface area contributed by atoms with Crippen LogP contribution in [-0.4, -0.2) is 25.4 Å². The van der Waals surface area contributed by atoms with Gasteiger partial charge >= 0.3 is 0 Å². The minimum atomic E-state index is 0.518. The van der Waals surface area contributed by atoms with Gasteiger partial charge in [0.15, 0.2) is 17.3 Å². The SMILES string of the molecule is COc1ccc(C=NNc2ncccc2N)cc1OC. The number of nitrogens with one attached hydrogen (secondary N) is 1. The normalized spacial score (nSPS) is 10.5. The first kappa shape index (κ1) is 13.7. The predicted octanol–water partition coefficient (Wildman–Crippen LogP) is 2.13. The van der Waals surface area contributed by atoms with Crippen molar-refractivity contribution in [1.82, 2.24) is 4.98 Å². The highest BCUT2D eigenvalue weighted by molar-refractivity contribution is 5.81. The van der Waals surface area contributed by atoms with E-state index in [1.165, 1.54) is 0 Å². The van der Waals surface area contributed by atoms with Gasteiger partial charge in [0.2, 0.25) is 0 Å². The highest BCUT2D eigenvalue weighted by Crippen LogP contribution is 2.26. The number of ether oxygens (including phenoxy) is 2. The second-order valence-corrected chi connectivity index (χ2v) is 3.93. The first-order chi connectivity index (χ1) is 9.74. The summed E-state index contributed by atoms with van der Waals surface area (Å²) in [6.07, 6.45) is 3.29. The van der Waals surface area contributed by atoms with Gasteiger partial charge in [-0.25, -0.2) is 4.98 Å². The van der Waals surface area contributed by atoms with Gasteiger partial charge in [-0.1, -0.05) is 0 Å². The molecule has 0 aliphatic heterocycles. The number of anilines is 2. The van der Waals surface area contributed by atoms with Crippen molar-refractivity contribution in [2.24, 2.45) is 5.10 Å². The Morgan fingerprint density at radius 1 is 1.20 bits per heavy atom. The van der Waals surface area contributed by atoms with Gasteiger partial charge in [-0.3, -0.25) is 5.43 Å². The molecule has 0 atom stereocenters. The predicted molar refractivity (Wildman–Crippen MR) is 79.4 cm³/mol. The van der Waals surface area contributed by atoms with Crippen molar-refractivity contribution >= 4 is 17.7 Å². The molecule has 104 valence electrons. The molecule has 0 aliphatic rings. The average molecular weight is 272 g/mol. The molecule has 0 unspecified atom stereocenters. The molecule has 2 aromatic rings. The number of hydrazone groups is 1. The van der Waals surface area contributed by atoms with E-state index in [0.717, 1.165) is 5.56 Å². The maximum Gasteiger partial charge on any atom is 0.169 e. The molecule has 0 saturated carbocycles. The third-order valence-electron chi connectivity index (χ3n) is 2.63. The van der Waals surface area contributed by atoms with Crippen LogP contribution >= 0.6 is 0 Å². The van der Waals surface area contributed by atoms with Gasteiger partial charge in [0, 0.05) is 6.20 Å². The molecule has 0 saturated heterocycles. The van der Waals surface area contributed by atoms with Crippen LogP contribution in [0.5, 0.6) is 11.5 Å². The van der Waals surface area contributed by atoms with Crippen LogP contribution in [0.4, 0.5) is 11.5 Å². The molecule has 1 heterocycles.